The number of rotatable bonds is 6. The van der Waals surface area contributed by atoms with Crippen molar-refractivity contribution in [2.24, 2.45) is 11.8 Å². The molecule has 0 bridgehead atoms. The first-order valence-corrected chi connectivity index (χ1v) is 4.62. The van der Waals surface area contributed by atoms with Crippen LogP contribution in [0.2, 0.25) is 0 Å². The molecule has 1 radical (unpaired) electrons. The van der Waals surface area contributed by atoms with Crippen LogP contribution in [0.25, 0.3) is 0 Å². The highest BCUT2D eigenvalue weighted by molar-refractivity contribution is 4.67. The molecule has 0 heterocycles. The van der Waals surface area contributed by atoms with Crippen molar-refractivity contribution < 1.29 is 0 Å². The monoisotopic (exact) mass is 153 g/mol. The van der Waals surface area contributed by atoms with E-state index in [0.29, 0.717) is 5.92 Å². The van der Waals surface area contributed by atoms with Gasteiger partial charge in [-0.1, -0.05) is 39.7 Å². The molecule has 0 amide bonds. The minimum Gasteiger partial charge on any atom is -0.103 e. The third kappa shape index (κ3) is 6.15. The molecule has 0 aliphatic carbocycles. The Balaban J connectivity index is 3.17. The normalized spacial score (nSPS) is 13.5. The zero-order valence-corrected chi connectivity index (χ0v) is 7.97. The molecule has 0 saturated carbocycles. The van der Waals surface area contributed by atoms with E-state index < -0.39 is 0 Å². The molecule has 2 unspecified atom stereocenters. The molecule has 0 aromatic heterocycles. The van der Waals surface area contributed by atoms with Gasteiger partial charge < -0.3 is 0 Å². The van der Waals surface area contributed by atoms with Crippen LogP contribution in [0.4, 0.5) is 0 Å². The molecule has 11 heavy (non-hydrogen) atoms. The van der Waals surface area contributed by atoms with Crippen LogP contribution in [0.15, 0.2) is 12.7 Å². The van der Waals surface area contributed by atoms with Crippen LogP contribution in [0, 0.1) is 18.8 Å². The van der Waals surface area contributed by atoms with E-state index in [1.165, 1.54) is 19.3 Å². The van der Waals surface area contributed by atoms with Crippen molar-refractivity contribution >= 4 is 0 Å². The van der Waals surface area contributed by atoms with Crippen molar-refractivity contribution in [3.05, 3.63) is 19.6 Å². The third-order valence-electron chi connectivity index (χ3n) is 2.29. The summed E-state index contributed by atoms with van der Waals surface area (Å²) in [6.45, 7) is 12.2. The summed E-state index contributed by atoms with van der Waals surface area (Å²) in [7, 11) is 0. The van der Waals surface area contributed by atoms with Crippen LogP contribution in [-0.4, -0.2) is 0 Å². The lowest BCUT2D eigenvalue weighted by Gasteiger charge is -2.14. The fourth-order valence-corrected chi connectivity index (χ4v) is 1.04. The highest BCUT2D eigenvalue weighted by Gasteiger charge is 2.05. The van der Waals surface area contributed by atoms with E-state index in [1.54, 1.807) is 0 Å². The van der Waals surface area contributed by atoms with E-state index in [1.807, 2.05) is 6.08 Å². The molecule has 0 saturated heterocycles. The summed E-state index contributed by atoms with van der Waals surface area (Å²) >= 11 is 0. The standard InChI is InChI=1S/C11H21/c1-5-6-7-8-9-11(4)10(2)3/h5,10-11H,1-2,6-9H2,3-4H3. The zero-order chi connectivity index (χ0) is 8.69. The number of allylic oxidation sites excluding steroid dienone is 1. The maximum Gasteiger partial charge on any atom is -0.0353 e. The Kier molecular flexibility index (Phi) is 6.30. The van der Waals surface area contributed by atoms with Gasteiger partial charge in [0.25, 0.3) is 0 Å². The molecule has 0 heteroatoms. The first kappa shape index (κ1) is 10.7. The lowest BCUT2D eigenvalue weighted by Crippen LogP contribution is -2.03. The Morgan fingerprint density at radius 2 is 1.91 bits per heavy atom. The summed E-state index contributed by atoms with van der Waals surface area (Å²) in [6.07, 6.45) is 7.10. The van der Waals surface area contributed by atoms with Gasteiger partial charge in [-0.05, 0) is 24.7 Å². The van der Waals surface area contributed by atoms with Gasteiger partial charge in [0.2, 0.25) is 0 Å². The van der Waals surface area contributed by atoms with Crippen molar-refractivity contribution in [2.75, 3.05) is 0 Å². The highest BCUT2D eigenvalue weighted by Crippen LogP contribution is 2.17. The van der Waals surface area contributed by atoms with Gasteiger partial charge >= 0.3 is 0 Å². The number of hydrogen-bond donors (Lipinski definition) is 0. The van der Waals surface area contributed by atoms with Gasteiger partial charge in [0, 0.05) is 0 Å². The minimum atomic E-state index is 0.596. The van der Waals surface area contributed by atoms with Gasteiger partial charge in [-0.15, -0.1) is 6.58 Å². The van der Waals surface area contributed by atoms with Crippen molar-refractivity contribution in [1.82, 2.24) is 0 Å². The minimum absolute atomic E-state index is 0.596. The zero-order valence-electron chi connectivity index (χ0n) is 7.97. The molecule has 0 aliphatic heterocycles. The second-order valence-corrected chi connectivity index (χ2v) is 3.53. The van der Waals surface area contributed by atoms with Crippen molar-refractivity contribution in [3.8, 4) is 0 Å². The maximum atomic E-state index is 4.02. The molecule has 0 aromatic carbocycles. The van der Waals surface area contributed by atoms with Crippen molar-refractivity contribution in [3.63, 3.8) is 0 Å². The molecule has 0 rings (SSSR count). The molecule has 0 N–H and O–H groups in total. The highest BCUT2D eigenvalue weighted by atomic mass is 14.1. The average Bonchev–Trinajstić information content (AvgIpc) is 1.97. The SMILES string of the molecule is [CH2]C(C)C(C)CCCCC=C. The first-order valence-electron chi connectivity index (χ1n) is 4.62. The second-order valence-electron chi connectivity index (χ2n) is 3.53. The van der Waals surface area contributed by atoms with E-state index in [-0.39, 0.29) is 0 Å². The summed E-state index contributed by atoms with van der Waals surface area (Å²) in [5.41, 5.74) is 0. The Morgan fingerprint density at radius 1 is 1.27 bits per heavy atom. The van der Waals surface area contributed by atoms with Gasteiger partial charge in [0.1, 0.15) is 0 Å². The quantitative estimate of drug-likeness (QED) is 0.402. The Hall–Kier alpha value is -0.260. The molecule has 0 fully saturated rings. The Morgan fingerprint density at radius 3 is 2.36 bits per heavy atom. The van der Waals surface area contributed by atoms with Crippen molar-refractivity contribution in [1.29, 1.82) is 0 Å². The summed E-state index contributed by atoms with van der Waals surface area (Å²) in [5.74, 6) is 1.37. The topological polar surface area (TPSA) is 0 Å². The lowest BCUT2D eigenvalue weighted by atomic mass is 9.92. The second kappa shape index (κ2) is 6.45. The van der Waals surface area contributed by atoms with E-state index in [9.17, 15) is 0 Å². The smallest absolute Gasteiger partial charge is 0.0353 e. The van der Waals surface area contributed by atoms with Gasteiger partial charge in [0.15, 0.2) is 0 Å². The molecule has 2 atom stereocenters. The molecule has 0 aliphatic rings. The van der Waals surface area contributed by atoms with Crippen LogP contribution in [-0.2, 0) is 0 Å². The third-order valence-corrected chi connectivity index (χ3v) is 2.29. The van der Waals surface area contributed by atoms with Crippen LogP contribution < -0.4 is 0 Å². The first-order chi connectivity index (χ1) is 5.18. The molecular weight excluding hydrogens is 132 g/mol. The van der Waals surface area contributed by atoms with Gasteiger partial charge in [-0.25, -0.2) is 0 Å². The summed E-state index contributed by atoms with van der Waals surface area (Å²) in [4.78, 5) is 0. The van der Waals surface area contributed by atoms with Gasteiger partial charge in [-0.2, -0.15) is 0 Å². The lowest BCUT2D eigenvalue weighted by molar-refractivity contribution is 0.408. The number of unbranched alkanes of at least 4 members (excludes halogenated alkanes) is 2. The molecule has 0 nitrogen and oxygen atoms in total. The van der Waals surface area contributed by atoms with E-state index in [0.717, 1.165) is 12.3 Å². The van der Waals surface area contributed by atoms with E-state index in [4.69, 9.17) is 0 Å². The average molecular weight is 153 g/mol. The Labute approximate surface area is 71.7 Å². The fraction of sp³-hybridized carbons (Fsp3) is 0.727. The van der Waals surface area contributed by atoms with Crippen LogP contribution in [0.1, 0.15) is 39.5 Å². The van der Waals surface area contributed by atoms with Gasteiger partial charge in [0.05, 0.1) is 0 Å². The summed E-state index contributed by atoms with van der Waals surface area (Å²) in [6, 6.07) is 0. The fourth-order valence-electron chi connectivity index (χ4n) is 1.04. The van der Waals surface area contributed by atoms with E-state index in [2.05, 4.69) is 27.4 Å². The Bertz CT molecular complexity index is 92.2. The van der Waals surface area contributed by atoms with E-state index >= 15 is 0 Å². The molecule has 0 aromatic rings. The number of hydrogen-bond acceptors (Lipinski definition) is 0. The van der Waals surface area contributed by atoms with Crippen molar-refractivity contribution in [2.45, 2.75) is 39.5 Å². The molecular formula is C11H21. The predicted octanol–water partition coefficient (Wildman–Crippen LogP) is 3.84. The summed E-state index contributed by atoms with van der Waals surface area (Å²) in [5, 5.41) is 0. The van der Waals surface area contributed by atoms with Gasteiger partial charge in [-0.3, -0.25) is 0 Å². The van der Waals surface area contributed by atoms with Crippen LogP contribution in [0.5, 0.6) is 0 Å². The molecule has 0 spiro atoms. The summed E-state index contributed by atoms with van der Waals surface area (Å²) < 4.78 is 0. The van der Waals surface area contributed by atoms with Crippen LogP contribution in [0.3, 0.4) is 0 Å². The predicted molar refractivity (Wildman–Crippen MR) is 52.4 cm³/mol. The maximum absolute atomic E-state index is 4.02. The molecule has 65 valence electrons. The largest absolute Gasteiger partial charge is 0.103 e. The van der Waals surface area contributed by atoms with Crippen LogP contribution >= 0.6 is 0 Å².